The highest BCUT2D eigenvalue weighted by atomic mass is 16.6. The van der Waals surface area contributed by atoms with Gasteiger partial charge in [-0.2, -0.15) is 0 Å². The minimum absolute atomic E-state index is 0.385. The summed E-state index contributed by atoms with van der Waals surface area (Å²) in [6.07, 6.45) is 0. The summed E-state index contributed by atoms with van der Waals surface area (Å²) >= 11 is 0. The summed E-state index contributed by atoms with van der Waals surface area (Å²) in [4.78, 5) is 0. The number of ether oxygens (including phenoxy) is 1. The monoisotopic (exact) mass is 231 g/mol. The molecule has 2 rings (SSSR count). The molecule has 0 aliphatic carbocycles. The molecule has 0 atom stereocenters. The zero-order valence-electron chi connectivity index (χ0n) is 10.1. The Kier molecular flexibility index (Phi) is 3.49. The molecule has 3 heteroatoms. The maximum Gasteiger partial charge on any atom is 0.290 e. The first-order chi connectivity index (χ1) is 8.19. The fraction of sp³-hybridized carbons (Fsp3) is 0.286. The van der Waals surface area contributed by atoms with Crippen LogP contribution < -0.4 is 10.5 Å². The minimum atomic E-state index is 0.385. The highest BCUT2D eigenvalue weighted by Crippen LogP contribution is 2.25. The second kappa shape index (κ2) is 5.06. The largest absolute Gasteiger partial charge is 0.429 e. The Morgan fingerprint density at radius 2 is 1.82 bits per heavy atom. The van der Waals surface area contributed by atoms with Crippen LogP contribution in [0.15, 0.2) is 40.8 Å². The van der Waals surface area contributed by atoms with E-state index in [9.17, 15) is 0 Å². The molecule has 90 valence electrons. The maximum absolute atomic E-state index is 5.57. The standard InChI is InChI=1S/C14H17NO2/c1-10(2)11-3-5-12(6-4-11)16-14-8-7-13(9-15)17-14/h3-8,10H,9,15H2,1-2H3. The van der Waals surface area contributed by atoms with Crippen LogP contribution in [0.4, 0.5) is 0 Å². The van der Waals surface area contributed by atoms with E-state index < -0.39 is 0 Å². The van der Waals surface area contributed by atoms with E-state index in [1.807, 2.05) is 18.2 Å². The topological polar surface area (TPSA) is 48.4 Å². The molecule has 17 heavy (non-hydrogen) atoms. The fourth-order valence-electron chi connectivity index (χ4n) is 1.56. The van der Waals surface area contributed by atoms with Gasteiger partial charge in [0.25, 0.3) is 5.95 Å². The van der Waals surface area contributed by atoms with E-state index in [1.165, 1.54) is 5.56 Å². The maximum atomic E-state index is 5.57. The molecule has 1 aromatic heterocycles. The van der Waals surface area contributed by atoms with Crippen molar-refractivity contribution in [1.82, 2.24) is 0 Å². The molecule has 0 amide bonds. The van der Waals surface area contributed by atoms with E-state index in [1.54, 1.807) is 6.07 Å². The smallest absolute Gasteiger partial charge is 0.290 e. The first-order valence-corrected chi connectivity index (χ1v) is 5.75. The Hall–Kier alpha value is -1.74. The van der Waals surface area contributed by atoms with Crippen molar-refractivity contribution in [1.29, 1.82) is 0 Å². The van der Waals surface area contributed by atoms with E-state index in [0.29, 0.717) is 18.4 Å². The van der Waals surface area contributed by atoms with Crippen molar-refractivity contribution in [2.45, 2.75) is 26.3 Å². The Morgan fingerprint density at radius 1 is 1.12 bits per heavy atom. The van der Waals surface area contributed by atoms with Crippen LogP contribution in [0.1, 0.15) is 31.1 Å². The third-order valence-corrected chi connectivity index (χ3v) is 2.60. The van der Waals surface area contributed by atoms with E-state index in [4.69, 9.17) is 14.9 Å². The van der Waals surface area contributed by atoms with Gasteiger partial charge in [0, 0.05) is 6.07 Å². The van der Waals surface area contributed by atoms with Gasteiger partial charge in [-0.25, -0.2) is 0 Å². The Labute approximate surface area is 101 Å². The molecule has 1 heterocycles. The van der Waals surface area contributed by atoms with Gasteiger partial charge in [0.2, 0.25) is 0 Å². The van der Waals surface area contributed by atoms with Crippen molar-refractivity contribution < 1.29 is 9.15 Å². The number of benzene rings is 1. The lowest BCUT2D eigenvalue weighted by Crippen LogP contribution is -1.92. The summed E-state index contributed by atoms with van der Waals surface area (Å²) in [6, 6.07) is 11.6. The molecule has 0 saturated carbocycles. The van der Waals surface area contributed by atoms with Gasteiger partial charge in [-0.1, -0.05) is 26.0 Å². The molecule has 3 nitrogen and oxygen atoms in total. The predicted molar refractivity (Wildman–Crippen MR) is 67.2 cm³/mol. The summed E-state index contributed by atoms with van der Waals surface area (Å²) in [5, 5.41) is 0. The highest BCUT2D eigenvalue weighted by Gasteiger charge is 2.04. The molecule has 2 aromatic rings. The molecule has 2 N–H and O–H groups in total. The van der Waals surface area contributed by atoms with Crippen molar-refractivity contribution in [3.63, 3.8) is 0 Å². The van der Waals surface area contributed by atoms with Crippen molar-refractivity contribution in [2.24, 2.45) is 5.73 Å². The van der Waals surface area contributed by atoms with Crippen LogP contribution in [0.3, 0.4) is 0 Å². The number of hydrogen-bond acceptors (Lipinski definition) is 3. The molecule has 1 aromatic carbocycles. The predicted octanol–water partition coefficient (Wildman–Crippen LogP) is 3.65. The summed E-state index contributed by atoms with van der Waals surface area (Å²) < 4.78 is 10.9. The highest BCUT2D eigenvalue weighted by molar-refractivity contribution is 5.31. The summed E-state index contributed by atoms with van der Waals surface area (Å²) in [5.74, 6) is 2.49. The van der Waals surface area contributed by atoms with Crippen molar-refractivity contribution >= 4 is 0 Å². The van der Waals surface area contributed by atoms with E-state index >= 15 is 0 Å². The molecular formula is C14H17NO2. The quantitative estimate of drug-likeness (QED) is 0.873. The minimum Gasteiger partial charge on any atom is -0.429 e. The van der Waals surface area contributed by atoms with Crippen LogP contribution in [0.5, 0.6) is 11.7 Å². The van der Waals surface area contributed by atoms with Crippen LogP contribution >= 0.6 is 0 Å². The number of furan rings is 1. The van der Waals surface area contributed by atoms with Gasteiger partial charge in [-0.05, 0) is 29.7 Å². The number of hydrogen-bond donors (Lipinski definition) is 1. The molecule has 0 bridgehead atoms. The van der Waals surface area contributed by atoms with E-state index in [-0.39, 0.29) is 0 Å². The lowest BCUT2D eigenvalue weighted by atomic mass is 10.0. The van der Waals surface area contributed by atoms with Crippen LogP contribution in [0.2, 0.25) is 0 Å². The molecule has 0 spiro atoms. The van der Waals surface area contributed by atoms with Gasteiger partial charge in [0.15, 0.2) is 0 Å². The lowest BCUT2D eigenvalue weighted by molar-refractivity contribution is 0.332. The SMILES string of the molecule is CC(C)c1ccc(Oc2ccc(CN)o2)cc1. The Morgan fingerprint density at radius 3 is 2.35 bits per heavy atom. The van der Waals surface area contributed by atoms with Crippen molar-refractivity contribution in [3.8, 4) is 11.7 Å². The first-order valence-electron chi connectivity index (χ1n) is 5.75. The van der Waals surface area contributed by atoms with Crippen LogP contribution in [0, 0.1) is 0 Å². The third-order valence-electron chi connectivity index (χ3n) is 2.60. The van der Waals surface area contributed by atoms with Crippen LogP contribution in [0.25, 0.3) is 0 Å². The number of nitrogens with two attached hydrogens (primary N) is 1. The van der Waals surface area contributed by atoms with Gasteiger partial charge in [-0.3, -0.25) is 0 Å². The molecular weight excluding hydrogens is 214 g/mol. The summed E-state index contributed by atoms with van der Waals surface area (Å²) in [5.41, 5.74) is 6.75. The van der Waals surface area contributed by atoms with Gasteiger partial charge in [-0.15, -0.1) is 0 Å². The third kappa shape index (κ3) is 2.88. The normalized spacial score (nSPS) is 10.8. The van der Waals surface area contributed by atoms with Gasteiger partial charge >= 0.3 is 0 Å². The van der Waals surface area contributed by atoms with E-state index in [0.717, 1.165) is 11.5 Å². The molecule has 0 unspecified atom stereocenters. The summed E-state index contributed by atoms with van der Waals surface area (Å²) in [6.45, 7) is 4.71. The van der Waals surface area contributed by atoms with Gasteiger partial charge < -0.3 is 14.9 Å². The molecule has 0 radical (unpaired) electrons. The average molecular weight is 231 g/mol. The number of rotatable bonds is 4. The second-order valence-corrected chi connectivity index (χ2v) is 4.25. The zero-order valence-corrected chi connectivity index (χ0v) is 10.1. The van der Waals surface area contributed by atoms with Crippen LogP contribution in [-0.4, -0.2) is 0 Å². The van der Waals surface area contributed by atoms with Gasteiger partial charge in [0.1, 0.15) is 11.5 Å². The molecule has 0 aliphatic rings. The Balaban J connectivity index is 2.08. The molecule has 0 saturated heterocycles. The Bertz CT molecular complexity index is 471. The van der Waals surface area contributed by atoms with E-state index in [2.05, 4.69) is 26.0 Å². The average Bonchev–Trinajstić information content (AvgIpc) is 2.77. The molecule has 0 fully saturated rings. The second-order valence-electron chi connectivity index (χ2n) is 4.25. The molecule has 0 aliphatic heterocycles. The van der Waals surface area contributed by atoms with Crippen LogP contribution in [-0.2, 0) is 6.54 Å². The van der Waals surface area contributed by atoms with Crippen molar-refractivity contribution in [3.05, 3.63) is 47.7 Å². The fourth-order valence-corrected chi connectivity index (χ4v) is 1.56. The van der Waals surface area contributed by atoms with Crippen molar-refractivity contribution in [2.75, 3.05) is 0 Å². The lowest BCUT2D eigenvalue weighted by Gasteiger charge is -2.06. The zero-order chi connectivity index (χ0) is 12.3. The summed E-state index contributed by atoms with van der Waals surface area (Å²) in [7, 11) is 0. The first kappa shape index (κ1) is 11.7. The van der Waals surface area contributed by atoms with Gasteiger partial charge in [0.05, 0.1) is 6.54 Å².